The first-order valence-electron chi connectivity index (χ1n) is 9.87. The third-order valence-electron chi connectivity index (χ3n) is 4.94. The smallest absolute Gasteiger partial charge is 0.235 e. The molecule has 1 aromatic heterocycles. The molecule has 4 aromatic rings. The van der Waals surface area contributed by atoms with Crippen LogP contribution in [0.5, 0.6) is 0 Å². The lowest BCUT2D eigenvalue weighted by atomic mass is 9.97. The minimum absolute atomic E-state index is 0.202. The van der Waals surface area contributed by atoms with Crippen molar-refractivity contribution in [2.24, 2.45) is 0 Å². The summed E-state index contributed by atoms with van der Waals surface area (Å²) in [6.45, 7) is 3.18. The number of halogens is 2. The Balaban J connectivity index is 2.06. The molecule has 4 rings (SSSR count). The number of nitrogens with one attached hydrogen (secondary N) is 1. The first-order chi connectivity index (χ1) is 15.3. The molecule has 0 aliphatic carbocycles. The number of aromatic nitrogens is 1. The largest absolute Gasteiger partial charge is 0.288 e. The summed E-state index contributed by atoms with van der Waals surface area (Å²) in [5.41, 5.74) is 6.03. The molecule has 1 heterocycles. The van der Waals surface area contributed by atoms with E-state index < -0.39 is 0 Å². The fourth-order valence-corrected chi connectivity index (χ4v) is 3.87. The summed E-state index contributed by atoms with van der Waals surface area (Å²) >= 11 is 12.3. The molecule has 0 bridgehead atoms. The number of anilines is 2. The highest BCUT2D eigenvalue weighted by Gasteiger charge is 2.26. The third kappa shape index (κ3) is 4.31. The Kier molecular flexibility index (Phi) is 6.12. The topological polar surface area (TPSA) is 62.3 Å². The lowest BCUT2D eigenvalue weighted by molar-refractivity contribution is -0.118. The summed E-state index contributed by atoms with van der Waals surface area (Å²) in [7, 11) is 0. The fourth-order valence-electron chi connectivity index (χ4n) is 3.58. The summed E-state index contributed by atoms with van der Waals surface area (Å²) < 4.78 is 0. The van der Waals surface area contributed by atoms with Crippen LogP contribution in [-0.2, 0) is 4.79 Å². The van der Waals surface area contributed by atoms with E-state index in [-0.39, 0.29) is 11.7 Å². The quantitative estimate of drug-likeness (QED) is 0.279. The first-order valence-corrected chi connectivity index (χ1v) is 10.6. The molecule has 0 saturated carbocycles. The van der Waals surface area contributed by atoms with E-state index in [1.807, 2.05) is 6.07 Å². The summed E-state index contributed by atoms with van der Waals surface area (Å²) in [6.07, 6.45) is 0. The highest BCUT2D eigenvalue weighted by atomic mass is 35.5. The number of benzene rings is 3. The van der Waals surface area contributed by atoms with Gasteiger partial charge in [-0.2, -0.15) is 0 Å². The number of fused-ring (bicyclic) bond motifs is 1. The van der Waals surface area contributed by atoms with Gasteiger partial charge in [0, 0.05) is 27.9 Å². The summed E-state index contributed by atoms with van der Waals surface area (Å²) in [5.74, 6) is -0.499. The Morgan fingerprint density at radius 2 is 1.56 bits per heavy atom. The summed E-state index contributed by atoms with van der Waals surface area (Å²) in [6, 6.07) is 21.2. The molecule has 160 valence electrons. The number of carbonyl (C=O) groups excluding carboxylic acids is 2. The van der Waals surface area contributed by atoms with Gasteiger partial charge in [-0.15, -0.1) is 0 Å². The molecule has 0 radical (unpaired) electrons. The van der Waals surface area contributed by atoms with Crippen LogP contribution in [0.1, 0.15) is 28.5 Å². The molecule has 3 aromatic carbocycles. The number of hydrogen-bond donors (Lipinski definition) is 1. The lowest BCUT2D eigenvalue weighted by Gasteiger charge is -2.29. The van der Waals surface area contributed by atoms with Crippen LogP contribution in [0.2, 0.25) is 10.0 Å². The van der Waals surface area contributed by atoms with Crippen molar-refractivity contribution in [2.45, 2.75) is 13.8 Å². The monoisotopic (exact) mass is 463 g/mol. The van der Waals surface area contributed by atoms with Gasteiger partial charge in [0.2, 0.25) is 5.91 Å². The van der Waals surface area contributed by atoms with E-state index in [0.717, 1.165) is 0 Å². The van der Waals surface area contributed by atoms with Gasteiger partial charge in [-0.25, -0.2) is 0 Å². The maximum absolute atomic E-state index is 13.6. The zero-order valence-corrected chi connectivity index (χ0v) is 18.9. The van der Waals surface area contributed by atoms with E-state index in [9.17, 15) is 9.59 Å². The maximum atomic E-state index is 13.6. The second kappa shape index (κ2) is 8.99. The van der Waals surface area contributed by atoms with E-state index in [1.54, 1.807) is 78.7 Å². The number of hydrogen-bond acceptors (Lipinski definition) is 4. The summed E-state index contributed by atoms with van der Waals surface area (Å²) in [4.78, 5) is 30.5. The van der Waals surface area contributed by atoms with Crippen LogP contribution in [-0.4, -0.2) is 16.7 Å². The van der Waals surface area contributed by atoms with E-state index >= 15 is 0 Å². The second-order valence-electron chi connectivity index (χ2n) is 7.26. The van der Waals surface area contributed by atoms with Gasteiger partial charge in [-0.05, 0) is 49.4 Å². The number of carbonyl (C=O) groups is 2. The molecule has 0 aliphatic rings. The van der Waals surface area contributed by atoms with E-state index in [1.165, 1.54) is 6.92 Å². The molecule has 5 nitrogen and oxygen atoms in total. The van der Waals surface area contributed by atoms with Crippen LogP contribution < -0.4 is 10.4 Å². The zero-order chi connectivity index (χ0) is 22.8. The van der Waals surface area contributed by atoms with Crippen molar-refractivity contribution in [3.05, 3.63) is 99.7 Å². The average molecular weight is 464 g/mol. The molecule has 0 unspecified atom stereocenters. The van der Waals surface area contributed by atoms with Crippen molar-refractivity contribution in [3.8, 4) is 0 Å². The third-order valence-corrected chi connectivity index (χ3v) is 5.43. The molecule has 7 heteroatoms. The van der Waals surface area contributed by atoms with Crippen LogP contribution in [0, 0.1) is 6.92 Å². The molecule has 0 aliphatic heterocycles. The van der Waals surface area contributed by atoms with E-state index in [4.69, 9.17) is 23.2 Å². The number of pyridine rings is 1. The van der Waals surface area contributed by atoms with Gasteiger partial charge in [-0.1, -0.05) is 53.5 Å². The Morgan fingerprint density at radius 3 is 2.22 bits per heavy atom. The van der Waals surface area contributed by atoms with Gasteiger partial charge in [0.05, 0.1) is 28.1 Å². The molecule has 0 saturated heterocycles. The highest BCUT2D eigenvalue weighted by molar-refractivity contribution is 6.31. The van der Waals surface area contributed by atoms with Gasteiger partial charge < -0.3 is 0 Å². The Hall–Kier alpha value is -3.41. The van der Waals surface area contributed by atoms with Crippen LogP contribution in [0.25, 0.3) is 10.9 Å². The van der Waals surface area contributed by atoms with Gasteiger partial charge in [-0.3, -0.25) is 25.0 Å². The molecular formula is C25H19Cl2N3O2. The van der Waals surface area contributed by atoms with Crippen LogP contribution in [0.15, 0.2) is 72.8 Å². The van der Waals surface area contributed by atoms with Crippen molar-refractivity contribution in [1.29, 1.82) is 0 Å². The maximum Gasteiger partial charge on any atom is 0.235 e. The van der Waals surface area contributed by atoms with Crippen molar-refractivity contribution >= 4 is 57.2 Å². The SMILES string of the molecule is CC(=O)NN(c1ccc(Cl)cc1)c1c(C(=O)c2ccccc2)c(C)nc2cc(Cl)ccc12. The number of ketones is 1. The molecule has 0 fully saturated rings. The molecule has 1 N–H and O–H groups in total. The minimum atomic E-state index is -0.297. The lowest BCUT2D eigenvalue weighted by Crippen LogP contribution is -2.38. The molecule has 32 heavy (non-hydrogen) atoms. The predicted molar refractivity (Wildman–Crippen MR) is 129 cm³/mol. The van der Waals surface area contributed by atoms with Gasteiger partial charge in [0.1, 0.15) is 0 Å². The average Bonchev–Trinajstić information content (AvgIpc) is 2.77. The number of nitrogens with zero attached hydrogens (tertiary/aromatic N) is 2. The van der Waals surface area contributed by atoms with Crippen molar-refractivity contribution in [2.75, 3.05) is 5.01 Å². The normalized spacial score (nSPS) is 10.8. The van der Waals surface area contributed by atoms with Gasteiger partial charge >= 0.3 is 0 Å². The number of aryl methyl sites for hydroxylation is 1. The summed E-state index contributed by atoms with van der Waals surface area (Å²) in [5, 5.41) is 3.34. The van der Waals surface area contributed by atoms with E-state index in [2.05, 4.69) is 10.4 Å². The molecule has 1 amide bonds. The minimum Gasteiger partial charge on any atom is -0.288 e. The van der Waals surface area contributed by atoms with E-state index in [0.29, 0.717) is 49.1 Å². The van der Waals surface area contributed by atoms with Gasteiger partial charge in [0.15, 0.2) is 5.78 Å². The second-order valence-corrected chi connectivity index (χ2v) is 8.13. The van der Waals surface area contributed by atoms with Crippen LogP contribution in [0.4, 0.5) is 11.4 Å². The number of hydrazine groups is 1. The first kappa shape index (κ1) is 21.8. The molecule has 0 atom stereocenters. The van der Waals surface area contributed by atoms with Crippen molar-refractivity contribution < 1.29 is 9.59 Å². The Labute approximate surface area is 195 Å². The predicted octanol–water partition coefficient (Wildman–Crippen LogP) is 6.27. The molecule has 0 spiro atoms. The van der Waals surface area contributed by atoms with Crippen LogP contribution in [0.3, 0.4) is 0 Å². The van der Waals surface area contributed by atoms with Gasteiger partial charge in [0.25, 0.3) is 0 Å². The zero-order valence-electron chi connectivity index (χ0n) is 17.4. The fraction of sp³-hybridized carbons (Fsp3) is 0.0800. The van der Waals surface area contributed by atoms with Crippen LogP contribution >= 0.6 is 23.2 Å². The number of rotatable bonds is 5. The Morgan fingerprint density at radius 1 is 0.906 bits per heavy atom. The highest BCUT2D eigenvalue weighted by Crippen LogP contribution is 2.37. The molecular weight excluding hydrogens is 445 g/mol. The standard InChI is InChI=1S/C25H19Cl2N3O2/c1-15-23(25(32)17-6-4-3-5-7-17)24(21-13-10-19(27)14-22(21)28-15)30(29-16(2)31)20-11-8-18(26)9-12-20/h3-14H,1-2H3,(H,29,31). The number of amides is 1. The van der Waals surface area contributed by atoms with Crippen molar-refractivity contribution in [1.82, 2.24) is 10.4 Å². The Bertz CT molecular complexity index is 1320. The van der Waals surface area contributed by atoms with Crippen molar-refractivity contribution in [3.63, 3.8) is 0 Å².